The van der Waals surface area contributed by atoms with Crippen LogP contribution in [0.1, 0.15) is 18.7 Å². The minimum atomic E-state index is -0.769. The summed E-state index contributed by atoms with van der Waals surface area (Å²) in [4.78, 5) is 13.2. The predicted molar refractivity (Wildman–Crippen MR) is 70.6 cm³/mol. The van der Waals surface area contributed by atoms with E-state index in [2.05, 4.69) is 17.1 Å². The fourth-order valence-electron chi connectivity index (χ4n) is 2.24. The number of piperazine rings is 1. The third-order valence-corrected chi connectivity index (χ3v) is 3.23. The summed E-state index contributed by atoms with van der Waals surface area (Å²) in [6, 6.07) is 9.97. The van der Waals surface area contributed by atoms with Crippen LogP contribution in [0.5, 0.6) is 0 Å². The molecule has 0 amide bonds. The summed E-state index contributed by atoms with van der Waals surface area (Å²) in [5, 5.41) is 3.31. The lowest BCUT2D eigenvalue weighted by molar-refractivity contribution is -0.0350. The number of nitrogens with zero attached hydrogens (tertiary/aromatic N) is 1. The summed E-state index contributed by atoms with van der Waals surface area (Å²) in [6.45, 7) is 4.69. The summed E-state index contributed by atoms with van der Waals surface area (Å²) in [6.07, 6.45) is -0.409. The lowest BCUT2D eigenvalue weighted by Gasteiger charge is -2.38. The predicted octanol–water partition coefficient (Wildman–Crippen LogP) is 2.35. The van der Waals surface area contributed by atoms with E-state index in [1.807, 2.05) is 30.3 Å². The Kier molecular flexibility index (Phi) is 4.58. The van der Waals surface area contributed by atoms with Gasteiger partial charge in [-0.25, -0.2) is 4.79 Å². The van der Waals surface area contributed by atoms with E-state index in [4.69, 9.17) is 16.3 Å². The molecule has 1 aromatic carbocycles. The third-order valence-electron chi connectivity index (χ3n) is 3.14. The molecule has 2 unspecified atom stereocenters. The van der Waals surface area contributed by atoms with Crippen LogP contribution in [-0.4, -0.2) is 36.0 Å². The van der Waals surface area contributed by atoms with Gasteiger partial charge in [0.05, 0.1) is 0 Å². The van der Waals surface area contributed by atoms with Crippen LogP contribution < -0.4 is 5.32 Å². The molecule has 1 heterocycles. The number of nitrogens with one attached hydrogen (secondary N) is 1. The van der Waals surface area contributed by atoms with Crippen LogP contribution >= 0.6 is 11.6 Å². The molecule has 98 valence electrons. The number of hydrogen-bond donors (Lipinski definition) is 1. The summed E-state index contributed by atoms with van der Waals surface area (Å²) < 4.78 is 5.27. The quantitative estimate of drug-likeness (QED) is 0.855. The molecule has 0 bridgehead atoms. The van der Waals surface area contributed by atoms with Crippen LogP contribution in [0, 0.1) is 0 Å². The Hall–Kier alpha value is -1.10. The summed E-state index contributed by atoms with van der Waals surface area (Å²) in [5.41, 5.74) is 0.176. The molecule has 18 heavy (non-hydrogen) atoms. The molecule has 1 aliphatic heterocycles. The van der Waals surface area contributed by atoms with E-state index in [9.17, 15) is 4.79 Å². The van der Waals surface area contributed by atoms with Gasteiger partial charge >= 0.3 is 5.43 Å². The van der Waals surface area contributed by atoms with Crippen molar-refractivity contribution in [3.63, 3.8) is 0 Å². The second kappa shape index (κ2) is 6.18. The molecule has 2 rings (SSSR count). The molecule has 0 saturated carbocycles. The average molecular weight is 269 g/mol. The smallest absolute Gasteiger partial charge is 0.405 e. The van der Waals surface area contributed by atoms with Crippen molar-refractivity contribution in [3.05, 3.63) is 35.9 Å². The maximum atomic E-state index is 11.1. The van der Waals surface area contributed by atoms with Gasteiger partial charge in [0.15, 0.2) is 6.23 Å². The van der Waals surface area contributed by atoms with Crippen molar-refractivity contribution in [2.75, 3.05) is 19.6 Å². The Morgan fingerprint density at radius 2 is 2.22 bits per heavy atom. The molecule has 1 aliphatic rings. The zero-order chi connectivity index (χ0) is 13.0. The van der Waals surface area contributed by atoms with Gasteiger partial charge in [-0.1, -0.05) is 30.3 Å². The van der Waals surface area contributed by atoms with Crippen LogP contribution in [0.25, 0.3) is 0 Å². The number of halogens is 1. The first-order valence-electron chi connectivity index (χ1n) is 6.06. The molecule has 0 radical (unpaired) electrons. The Morgan fingerprint density at radius 3 is 2.83 bits per heavy atom. The Labute approximate surface area is 112 Å². The van der Waals surface area contributed by atoms with Gasteiger partial charge in [0.25, 0.3) is 0 Å². The number of benzene rings is 1. The highest BCUT2D eigenvalue weighted by molar-refractivity contribution is 6.61. The van der Waals surface area contributed by atoms with Gasteiger partial charge in [-0.05, 0) is 6.92 Å². The summed E-state index contributed by atoms with van der Waals surface area (Å²) >= 11 is 5.39. The van der Waals surface area contributed by atoms with Gasteiger partial charge in [-0.3, -0.25) is 4.90 Å². The number of hydrogen-bond acceptors (Lipinski definition) is 4. The zero-order valence-corrected chi connectivity index (χ0v) is 11.1. The van der Waals surface area contributed by atoms with Gasteiger partial charge in [0.1, 0.15) is 0 Å². The Bertz CT molecular complexity index is 399. The highest BCUT2D eigenvalue weighted by Crippen LogP contribution is 2.25. The van der Waals surface area contributed by atoms with Crippen molar-refractivity contribution >= 4 is 17.0 Å². The third kappa shape index (κ3) is 3.22. The van der Waals surface area contributed by atoms with Crippen molar-refractivity contribution in [2.24, 2.45) is 0 Å². The van der Waals surface area contributed by atoms with Crippen molar-refractivity contribution in [2.45, 2.75) is 19.2 Å². The SMILES string of the molecule is CC1CNCCN1C(OC(=O)Cl)c1ccccc1. The van der Waals surface area contributed by atoms with Crippen molar-refractivity contribution < 1.29 is 9.53 Å². The van der Waals surface area contributed by atoms with Crippen molar-refractivity contribution in [1.29, 1.82) is 0 Å². The Balaban J connectivity index is 2.21. The molecule has 5 heteroatoms. The first-order valence-corrected chi connectivity index (χ1v) is 6.44. The summed E-state index contributed by atoms with van der Waals surface area (Å²) in [5.74, 6) is 0. The lowest BCUT2D eigenvalue weighted by Crippen LogP contribution is -2.51. The van der Waals surface area contributed by atoms with Gasteiger partial charge in [0, 0.05) is 42.8 Å². The maximum Gasteiger partial charge on any atom is 0.405 e. The second-order valence-corrected chi connectivity index (χ2v) is 4.72. The first-order chi connectivity index (χ1) is 8.68. The number of carbonyl (C=O) groups excluding carboxylic acids is 1. The van der Waals surface area contributed by atoms with E-state index in [-0.39, 0.29) is 0 Å². The average Bonchev–Trinajstić information content (AvgIpc) is 2.38. The van der Waals surface area contributed by atoms with Crippen molar-refractivity contribution in [1.82, 2.24) is 10.2 Å². The van der Waals surface area contributed by atoms with E-state index in [1.54, 1.807) is 0 Å². The molecular weight excluding hydrogens is 252 g/mol. The molecule has 1 aromatic rings. The monoisotopic (exact) mass is 268 g/mol. The van der Waals surface area contributed by atoms with Crippen LogP contribution in [-0.2, 0) is 4.74 Å². The second-order valence-electron chi connectivity index (χ2n) is 4.41. The Morgan fingerprint density at radius 1 is 1.50 bits per heavy atom. The molecule has 0 aromatic heterocycles. The van der Waals surface area contributed by atoms with Crippen LogP contribution in [0.3, 0.4) is 0 Å². The van der Waals surface area contributed by atoms with E-state index >= 15 is 0 Å². The molecule has 4 nitrogen and oxygen atoms in total. The molecule has 1 N–H and O–H groups in total. The minimum absolute atomic E-state index is 0.292. The fraction of sp³-hybridized carbons (Fsp3) is 0.462. The molecule has 1 saturated heterocycles. The number of ether oxygens (including phenoxy) is 1. The maximum absolute atomic E-state index is 11.1. The van der Waals surface area contributed by atoms with Gasteiger partial charge in [-0.2, -0.15) is 0 Å². The number of carbonyl (C=O) groups is 1. The molecule has 1 fully saturated rings. The first kappa shape index (κ1) is 13.3. The van der Waals surface area contributed by atoms with Gasteiger partial charge < -0.3 is 10.1 Å². The summed E-state index contributed by atoms with van der Waals surface area (Å²) in [7, 11) is 0. The normalized spacial score (nSPS) is 22.4. The van der Waals surface area contributed by atoms with E-state index in [0.29, 0.717) is 6.04 Å². The van der Waals surface area contributed by atoms with E-state index in [1.165, 1.54) is 0 Å². The largest absolute Gasteiger partial charge is 0.430 e. The van der Waals surface area contributed by atoms with Crippen LogP contribution in [0.2, 0.25) is 0 Å². The lowest BCUT2D eigenvalue weighted by atomic mass is 10.1. The number of rotatable bonds is 3. The van der Waals surface area contributed by atoms with Crippen molar-refractivity contribution in [3.8, 4) is 0 Å². The molecule has 2 atom stereocenters. The highest BCUT2D eigenvalue weighted by atomic mass is 35.5. The molecule has 0 spiro atoms. The topological polar surface area (TPSA) is 41.6 Å². The van der Waals surface area contributed by atoms with E-state index in [0.717, 1.165) is 25.2 Å². The van der Waals surface area contributed by atoms with Crippen LogP contribution in [0.4, 0.5) is 4.79 Å². The van der Waals surface area contributed by atoms with Gasteiger partial charge in [-0.15, -0.1) is 0 Å². The minimum Gasteiger partial charge on any atom is -0.430 e. The van der Waals surface area contributed by atoms with Crippen LogP contribution in [0.15, 0.2) is 30.3 Å². The standard InChI is InChI=1S/C13H17ClN2O2/c1-10-9-15-7-8-16(10)12(18-13(14)17)11-5-3-2-4-6-11/h2-6,10,12,15H,7-9H2,1H3. The molecular formula is C13H17ClN2O2. The van der Waals surface area contributed by atoms with Gasteiger partial charge in [0.2, 0.25) is 0 Å². The zero-order valence-electron chi connectivity index (χ0n) is 10.3. The van der Waals surface area contributed by atoms with E-state index < -0.39 is 11.7 Å². The highest BCUT2D eigenvalue weighted by Gasteiger charge is 2.29. The molecule has 0 aliphatic carbocycles. The fourth-order valence-corrected chi connectivity index (χ4v) is 2.32.